The van der Waals surface area contributed by atoms with Gasteiger partial charge in [0.05, 0.1) is 6.20 Å². The molecule has 0 radical (unpaired) electrons. The summed E-state index contributed by atoms with van der Waals surface area (Å²) in [6.45, 7) is 5.46. The topological polar surface area (TPSA) is 61.9 Å². The first kappa shape index (κ1) is 12.8. The van der Waals surface area contributed by atoms with E-state index in [0.717, 1.165) is 36.5 Å². The lowest BCUT2D eigenvalue weighted by atomic mass is 10.0. The molecule has 2 aromatic rings. The van der Waals surface area contributed by atoms with Crippen LogP contribution in [0.1, 0.15) is 39.8 Å². The highest BCUT2D eigenvalue weighted by molar-refractivity contribution is 5.92. The Balaban J connectivity index is 1.74. The van der Waals surface area contributed by atoms with Crippen molar-refractivity contribution in [2.75, 3.05) is 13.1 Å². The number of aromatic amines is 1. The summed E-state index contributed by atoms with van der Waals surface area (Å²) >= 11 is 0. The van der Waals surface area contributed by atoms with Crippen LogP contribution in [0.2, 0.25) is 0 Å². The van der Waals surface area contributed by atoms with E-state index in [1.807, 2.05) is 37.1 Å². The molecule has 1 unspecified atom stereocenters. The summed E-state index contributed by atoms with van der Waals surface area (Å²) in [5.74, 6) is 0.375. The van der Waals surface area contributed by atoms with Gasteiger partial charge in [0.2, 0.25) is 0 Å². The van der Waals surface area contributed by atoms with Crippen LogP contribution < -0.4 is 0 Å². The number of carbonyl (C=O) groups excluding carboxylic acids is 1. The number of likely N-dealkylation sites (tertiary alicyclic amines) is 1. The van der Waals surface area contributed by atoms with Gasteiger partial charge in [-0.3, -0.25) is 9.89 Å². The predicted octanol–water partition coefficient (Wildman–Crippen LogP) is 2.05. The fourth-order valence-electron chi connectivity index (χ4n) is 2.77. The first-order chi connectivity index (χ1) is 9.65. The van der Waals surface area contributed by atoms with Crippen molar-refractivity contribution in [1.82, 2.24) is 20.1 Å². The molecule has 0 bridgehead atoms. The van der Waals surface area contributed by atoms with E-state index in [0.29, 0.717) is 11.6 Å². The van der Waals surface area contributed by atoms with Crippen molar-refractivity contribution >= 4 is 5.91 Å². The van der Waals surface area contributed by atoms with E-state index in [4.69, 9.17) is 0 Å². The lowest BCUT2D eigenvalue weighted by molar-refractivity contribution is 0.0784. The summed E-state index contributed by atoms with van der Waals surface area (Å²) in [5, 5.41) is 7.12. The maximum absolute atomic E-state index is 12.4. The van der Waals surface area contributed by atoms with Gasteiger partial charge < -0.3 is 4.90 Å². The SMILES string of the molecule is Cc1cccc(C(=O)N2CCC(c3[nH]ncc3C)C2)n1. The molecule has 1 N–H and O–H groups in total. The molecule has 1 aliphatic heterocycles. The van der Waals surface area contributed by atoms with Crippen LogP contribution >= 0.6 is 0 Å². The number of aryl methyl sites for hydroxylation is 2. The number of hydrogen-bond acceptors (Lipinski definition) is 3. The molecular weight excluding hydrogens is 252 g/mol. The maximum atomic E-state index is 12.4. The van der Waals surface area contributed by atoms with Gasteiger partial charge in [0.15, 0.2) is 0 Å². The molecule has 104 valence electrons. The molecule has 1 aliphatic rings. The molecule has 20 heavy (non-hydrogen) atoms. The molecule has 3 rings (SSSR count). The summed E-state index contributed by atoms with van der Waals surface area (Å²) < 4.78 is 0. The molecule has 0 spiro atoms. The van der Waals surface area contributed by atoms with Crippen molar-refractivity contribution in [3.8, 4) is 0 Å². The van der Waals surface area contributed by atoms with E-state index in [1.54, 1.807) is 6.07 Å². The second kappa shape index (κ2) is 5.07. The highest BCUT2D eigenvalue weighted by Gasteiger charge is 2.30. The minimum absolute atomic E-state index is 0.0216. The number of nitrogens with one attached hydrogen (secondary N) is 1. The van der Waals surface area contributed by atoms with E-state index < -0.39 is 0 Å². The number of amides is 1. The van der Waals surface area contributed by atoms with Gasteiger partial charge in [-0.15, -0.1) is 0 Å². The highest BCUT2D eigenvalue weighted by atomic mass is 16.2. The second-order valence-corrected chi connectivity index (χ2v) is 5.37. The Morgan fingerprint density at radius 2 is 2.25 bits per heavy atom. The van der Waals surface area contributed by atoms with Gasteiger partial charge in [0, 0.05) is 30.4 Å². The minimum Gasteiger partial charge on any atom is -0.337 e. The van der Waals surface area contributed by atoms with Crippen molar-refractivity contribution < 1.29 is 4.79 Å². The van der Waals surface area contributed by atoms with Gasteiger partial charge in [-0.1, -0.05) is 6.07 Å². The van der Waals surface area contributed by atoms with Crippen molar-refractivity contribution in [3.05, 3.63) is 47.0 Å². The third-order valence-electron chi connectivity index (χ3n) is 3.86. The summed E-state index contributed by atoms with van der Waals surface area (Å²) in [4.78, 5) is 18.6. The number of rotatable bonds is 2. The molecule has 5 heteroatoms. The van der Waals surface area contributed by atoms with E-state index in [1.165, 1.54) is 0 Å². The molecule has 1 saturated heterocycles. The van der Waals surface area contributed by atoms with Crippen LogP contribution in [0, 0.1) is 13.8 Å². The normalized spacial score (nSPS) is 18.5. The minimum atomic E-state index is 0.0216. The van der Waals surface area contributed by atoms with Gasteiger partial charge in [0.1, 0.15) is 5.69 Å². The molecule has 3 heterocycles. The Labute approximate surface area is 118 Å². The Morgan fingerprint density at radius 3 is 2.95 bits per heavy atom. The van der Waals surface area contributed by atoms with Crippen LogP contribution in [0.4, 0.5) is 0 Å². The summed E-state index contributed by atoms with van der Waals surface area (Å²) in [6, 6.07) is 5.56. The van der Waals surface area contributed by atoms with Crippen molar-refractivity contribution in [1.29, 1.82) is 0 Å². The average molecular weight is 270 g/mol. The van der Waals surface area contributed by atoms with Gasteiger partial charge in [-0.05, 0) is 38.0 Å². The first-order valence-electron chi connectivity index (χ1n) is 6.88. The largest absolute Gasteiger partial charge is 0.337 e. The highest BCUT2D eigenvalue weighted by Crippen LogP contribution is 2.28. The number of aromatic nitrogens is 3. The van der Waals surface area contributed by atoms with Crippen molar-refractivity contribution in [2.45, 2.75) is 26.2 Å². The molecule has 0 saturated carbocycles. The lowest BCUT2D eigenvalue weighted by Crippen LogP contribution is -2.29. The maximum Gasteiger partial charge on any atom is 0.272 e. The Bertz CT molecular complexity index is 634. The van der Waals surface area contributed by atoms with Crippen LogP contribution in [0.25, 0.3) is 0 Å². The molecule has 0 aromatic carbocycles. The Morgan fingerprint density at radius 1 is 1.40 bits per heavy atom. The average Bonchev–Trinajstić information content (AvgIpc) is 3.06. The van der Waals surface area contributed by atoms with Crippen LogP contribution in [0.5, 0.6) is 0 Å². The number of pyridine rings is 1. The Hall–Kier alpha value is -2.17. The third-order valence-corrected chi connectivity index (χ3v) is 3.86. The lowest BCUT2D eigenvalue weighted by Gasteiger charge is -2.16. The zero-order valence-corrected chi connectivity index (χ0v) is 11.8. The number of H-pyrrole nitrogens is 1. The fourth-order valence-corrected chi connectivity index (χ4v) is 2.77. The Kier molecular flexibility index (Phi) is 3.26. The molecule has 5 nitrogen and oxygen atoms in total. The number of carbonyl (C=O) groups is 1. The van der Waals surface area contributed by atoms with Crippen molar-refractivity contribution in [2.24, 2.45) is 0 Å². The zero-order valence-electron chi connectivity index (χ0n) is 11.8. The van der Waals surface area contributed by atoms with Crippen LogP contribution in [0.15, 0.2) is 24.4 Å². The molecule has 1 fully saturated rings. The molecule has 1 amide bonds. The van der Waals surface area contributed by atoms with Crippen LogP contribution in [-0.2, 0) is 0 Å². The quantitative estimate of drug-likeness (QED) is 0.908. The first-order valence-corrected chi connectivity index (χ1v) is 6.88. The molecular formula is C15H18N4O. The van der Waals surface area contributed by atoms with Gasteiger partial charge in [0.25, 0.3) is 5.91 Å². The van der Waals surface area contributed by atoms with E-state index in [2.05, 4.69) is 15.2 Å². The van der Waals surface area contributed by atoms with E-state index in [9.17, 15) is 4.79 Å². The smallest absolute Gasteiger partial charge is 0.272 e. The number of nitrogens with zero attached hydrogens (tertiary/aromatic N) is 3. The van der Waals surface area contributed by atoms with Gasteiger partial charge >= 0.3 is 0 Å². The molecule has 2 aromatic heterocycles. The van der Waals surface area contributed by atoms with E-state index >= 15 is 0 Å². The summed E-state index contributed by atoms with van der Waals surface area (Å²) in [5.41, 5.74) is 3.72. The van der Waals surface area contributed by atoms with Crippen LogP contribution in [-0.4, -0.2) is 39.1 Å². The summed E-state index contributed by atoms with van der Waals surface area (Å²) in [6.07, 6.45) is 2.81. The molecule has 0 aliphatic carbocycles. The fraction of sp³-hybridized carbons (Fsp3) is 0.400. The van der Waals surface area contributed by atoms with E-state index in [-0.39, 0.29) is 5.91 Å². The van der Waals surface area contributed by atoms with Crippen molar-refractivity contribution in [3.63, 3.8) is 0 Å². The zero-order chi connectivity index (χ0) is 14.1. The predicted molar refractivity (Wildman–Crippen MR) is 75.6 cm³/mol. The summed E-state index contributed by atoms with van der Waals surface area (Å²) in [7, 11) is 0. The second-order valence-electron chi connectivity index (χ2n) is 5.37. The molecule has 1 atom stereocenters. The monoisotopic (exact) mass is 270 g/mol. The van der Waals surface area contributed by atoms with Crippen LogP contribution in [0.3, 0.4) is 0 Å². The van der Waals surface area contributed by atoms with Gasteiger partial charge in [-0.2, -0.15) is 5.10 Å². The standard InChI is InChI=1S/C15H18N4O/c1-10-8-16-18-14(10)12-6-7-19(9-12)15(20)13-5-3-4-11(2)17-13/h3-5,8,12H,6-7,9H2,1-2H3,(H,16,18). The number of hydrogen-bond donors (Lipinski definition) is 1. The third kappa shape index (κ3) is 2.31. The van der Waals surface area contributed by atoms with Gasteiger partial charge in [-0.25, -0.2) is 4.98 Å².